The number of rotatable bonds is 4. The van der Waals surface area contributed by atoms with E-state index < -0.39 is 0 Å². The molecule has 1 aromatic heterocycles. The molecule has 0 bridgehead atoms. The number of hydrogen-bond donors (Lipinski definition) is 2. The van der Waals surface area contributed by atoms with Crippen molar-refractivity contribution in [3.05, 3.63) is 29.3 Å². The zero-order valence-electron chi connectivity index (χ0n) is 16.5. The van der Waals surface area contributed by atoms with Crippen LogP contribution in [0.4, 0.5) is 0 Å². The third-order valence-electron chi connectivity index (χ3n) is 6.29. The van der Waals surface area contributed by atoms with Crippen LogP contribution in [0.1, 0.15) is 38.1 Å². The zero-order valence-corrected chi connectivity index (χ0v) is 17.4. The Bertz CT molecular complexity index is 740. The Morgan fingerprint density at radius 3 is 2.48 bits per heavy atom. The molecular formula is C21H32N4OS+2. The predicted octanol–water partition coefficient (Wildman–Crippen LogP) is 0.369. The van der Waals surface area contributed by atoms with Crippen molar-refractivity contribution in [2.45, 2.75) is 51.7 Å². The lowest BCUT2D eigenvalue weighted by atomic mass is 9.97. The molecule has 27 heavy (non-hydrogen) atoms. The van der Waals surface area contributed by atoms with Crippen molar-refractivity contribution in [1.82, 2.24) is 9.88 Å². The Kier molecular flexibility index (Phi) is 5.76. The third-order valence-corrected chi connectivity index (χ3v) is 7.32. The molecule has 1 amide bonds. The highest BCUT2D eigenvalue weighted by Crippen LogP contribution is 2.22. The number of thiazole rings is 1. The lowest BCUT2D eigenvalue weighted by molar-refractivity contribution is -1.02. The average molecular weight is 389 g/mol. The molecule has 0 unspecified atom stereocenters. The Morgan fingerprint density at radius 1 is 1.11 bits per heavy atom. The van der Waals surface area contributed by atoms with Crippen molar-refractivity contribution >= 4 is 27.5 Å². The number of piperidine rings is 1. The molecule has 2 fully saturated rings. The quantitative estimate of drug-likeness (QED) is 0.795. The van der Waals surface area contributed by atoms with E-state index in [0.717, 1.165) is 51.1 Å². The second-order valence-corrected chi connectivity index (χ2v) is 9.47. The first-order valence-corrected chi connectivity index (χ1v) is 11.2. The predicted molar refractivity (Wildman–Crippen MR) is 109 cm³/mol. The van der Waals surface area contributed by atoms with Crippen LogP contribution in [0.2, 0.25) is 0 Å². The third kappa shape index (κ3) is 4.33. The summed E-state index contributed by atoms with van der Waals surface area (Å²) in [5, 5.41) is 1.24. The second kappa shape index (κ2) is 8.25. The molecule has 146 valence electrons. The number of para-hydroxylation sites is 1. The van der Waals surface area contributed by atoms with Crippen molar-refractivity contribution in [3.8, 4) is 0 Å². The highest BCUT2D eigenvalue weighted by atomic mass is 32.1. The van der Waals surface area contributed by atoms with Crippen molar-refractivity contribution in [2.75, 3.05) is 32.7 Å². The molecule has 1 aromatic carbocycles. The zero-order chi connectivity index (χ0) is 18.8. The van der Waals surface area contributed by atoms with Crippen LogP contribution >= 0.6 is 11.3 Å². The Morgan fingerprint density at radius 2 is 1.78 bits per heavy atom. The maximum atomic E-state index is 12.8. The number of piperazine rings is 1. The molecule has 0 spiro atoms. The van der Waals surface area contributed by atoms with Gasteiger partial charge in [0.15, 0.2) is 6.54 Å². The van der Waals surface area contributed by atoms with Gasteiger partial charge in [-0.15, -0.1) is 11.3 Å². The minimum atomic E-state index is 0.360. The first kappa shape index (κ1) is 18.8. The van der Waals surface area contributed by atoms with Crippen LogP contribution in [0.15, 0.2) is 24.3 Å². The molecule has 2 N–H and O–H groups in total. The standard InChI is InChI=1S/C21H30N4OS/c1-16-6-5-7-17(2)25(16)21(26)15-24-12-10-23(11-13-24)14-20-22-18-8-3-4-9-19(18)27-20/h3-4,8-9,16-17H,5-7,10-15H2,1-2H3/p+2/t16-,17+. The van der Waals surface area contributed by atoms with Gasteiger partial charge < -0.3 is 14.7 Å². The van der Waals surface area contributed by atoms with Gasteiger partial charge in [0.05, 0.1) is 10.2 Å². The molecule has 2 aromatic rings. The number of fused-ring (bicyclic) bond motifs is 1. The van der Waals surface area contributed by atoms with Crippen LogP contribution in [-0.2, 0) is 11.3 Å². The number of nitrogens with zero attached hydrogens (tertiary/aromatic N) is 2. The first-order valence-electron chi connectivity index (χ1n) is 10.4. The van der Waals surface area contributed by atoms with Gasteiger partial charge in [0, 0.05) is 12.1 Å². The molecule has 2 aliphatic rings. The van der Waals surface area contributed by atoms with Crippen molar-refractivity contribution in [2.24, 2.45) is 0 Å². The lowest BCUT2D eigenvalue weighted by Gasteiger charge is -2.39. The van der Waals surface area contributed by atoms with E-state index in [-0.39, 0.29) is 0 Å². The number of nitrogens with one attached hydrogen (secondary N) is 2. The molecule has 2 atom stereocenters. The minimum Gasteiger partial charge on any atom is -0.332 e. The fraction of sp³-hybridized carbons (Fsp3) is 0.619. The van der Waals surface area contributed by atoms with Crippen molar-refractivity contribution < 1.29 is 14.6 Å². The Labute approximate surface area is 166 Å². The number of carbonyl (C=O) groups excluding carboxylic acids is 1. The van der Waals surface area contributed by atoms with E-state index in [1.54, 1.807) is 4.90 Å². The van der Waals surface area contributed by atoms with Gasteiger partial charge >= 0.3 is 0 Å². The van der Waals surface area contributed by atoms with Crippen LogP contribution in [0.5, 0.6) is 0 Å². The Hall–Kier alpha value is -1.50. The monoisotopic (exact) mass is 388 g/mol. The number of amides is 1. The summed E-state index contributed by atoms with van der Waals surface area (Å²) in [5.41, 5.74) is 1.12. The highest BCUT2D eigenvalue weighted by Gasteiger charge is 2.33. The number of hydrogen-bond acceptors (Lipinski definition) is 3. The van der Waals surface area contributed by atoms with Crippen LogP contribution in [0.3, 0.4) is 0 Å². The summed E-state index contributed by atoms with van der Waals surface area (Å²) in [6.45, 7) is 10.5. The summed E-state index contributed by atoms with van der Waals surface area (Å²) in [6.07, 6.45) is 3.57. The second-order valence-electron chi connectivity index (χ2n) is 8.36. The van der Waals surface area contributed by atoms with Gasteiger partial charge in [-0.3, -0.25) is 4.79 Å². The summed E-state index contributed by atoms with van der Waals surface area (Å²) < 4.78 is 1.28. The molecule has 2 aliphatic heterocycles. The molecule has 0 aliphatic carbocycles. The Balaban J connectivity index is 1.28. The van der Waals surface area contributed by atoms with Crippen LogP contribution in [-0.4, -0.2) is 60.6 Å². The maximum Gasteiger partial charge on any atom is 0.278 e. The lowest BCUT2D eigenvalue weighted by Crippen LogP contribution is -3.28. The number of likely N-dealkylation sites (tertiary alicyclic amines) is 1. The van der Waals surface area contributed by atoms with Crippen molar-refractivity contribution in [1.29, 1.82) is 0 Å². The number of benzene rings is 1. The van der Waals surface area contributed by atoms with Gasteiger partial charge in [-0.25, -0.2) is 4.98 Å². The topological polar surface area (TPSA) is 42.1 Å². The van der Waals surface area contributed by atoms with E-state index in [0.29, 0.717) is 24.5 Å². The molecular weight excluding hydrogens is 356 g/mol. The fourth-order valence-corrected chi connectivity index (χ4v) is 5.78. The average Bonchev–Trinajstić information content (AvgIpc) is 3.05. The van der Waals surface area contributed by atoms with Crippen molar-refractivity contribution in [3.63, 3.8) is 0 Å². The van der Waals surface area contributed by atoms with Gasteiger partial charge in [0.1, 0.15) is 37.7 Å². The van der Waals surface area contributed by atoms with E-state index >= 15 is 0 Å². The van der Waals surface area contributed by atoms with E-state index in [1.165, 1.54) is 21.0 Å². The number of aromatic nitrogens is 1. The van der Waals surface area contributed by atoms with Gasteiger partial charge in [-0.05, 0) is 45.2 Å². The summed E-state index contributed by atoms with van der Waals surface area (Å²) in [7, 11) is 0. The van der Waals surface area contributed by atoms with Gasteiger partial charge in [-0.1, -0.05) is 12.1 Å². The SMILES string of the molecule is C[C@@H]1CCC[C@H](C)N1C(=O)C[NH+]1CC[NH+](Cc2nc3ccccc3s2)CC1. The minimum absolute atomic E-state index is 0.360. The van der Waals surface area contributed by atoms with Crippen LogP contribution in [0.25, 0.3) is 10.2 Å². The van der Waals surface area contributed by atoms with E-state index in [9.17, 15) is 4.79 Å². The molecule has 0 radical (unpaired) electrons. The molecule has 2 saturated heterocycles. The van der Waals surface area contributed by atoms with E-state index in [4.69, 9.17) is 4.98 Å². The summed E-state index contributed by atoms with van der Waals surface area (Å²) in [5.74, 6) is 0.360. The summed E-state index contributed by atoms with van der Waals surface area (Å²) >= 11 is 1.82. The number of carbonyl (C=O) groups is 1. The van der Waals surface area contributed by atoms with Crippen LogP contribution in [0, 0.1) is 0 Å². The maximum absolute atomic E-state index is 12.8. The van der Waals surface area contributed by atoms with Crippen LogP contribution < -0.4 is 9.80 Å². The normalized spacial score (nSPS) is 29.2. The molecule has 3 heterocycles. The highest BCUT2D eigenvalue weighted by molar-refractivity contribution is 7.18. The molecule has 4 rings (SSSR count). The van der Waals surface area contributed by atoms with E-state index in [2.05, 4.69) is 43.0 Å². The van der Waals surface area contributed by atoms with Gasteiger partial charge in [0.2, 0.25) is 0 Å². The largest absolute Gasteiger partial charge is 0.332 e. The van der Waals surface area contributed by atoms with E-state index in [1.807, 2.05) is 11.3 Å². The smallest absolute Gasteiger partial charge is 0.278 e. The fourth-order valence-electron chi connectivity index (χ4n) is 4.74. The molecule has 0 saturated carbocycles. The first-order chi connectivity index (χ1) is 13.1. The summed E-state index contributed by atoms with van der Waals surface area (Å²) in [4.78, 5) is 22.9. The molecule has 5 nitrogen and oxygen atoms in total. The summed E-state index contributed by atoms with van der Waals surface area (Å²) in [6, 6.07) is 9.21. The van der Waals surface area contributed by atoms with Gasteiger partial charge in [-0.2, -0.15) is 0 Å². The number of quaternary nitrogens is 2. The molecule has 6 heteroatoms. The van der Waals surface area contributed by atoms with Gasteiger partial charge in [0.25, 0.3) is 5.91 Å².